The molecule has 13 aromatic carbocycles. The van der Waals surface area contributed by atoms with Gasteiger partial charge in [-0.2, -0.15) is 0 Å². The van der Waals surface area contributed by atoms with Crippen LogP contribution in [0.3, 0.4) is 0 Å². The minimum absolute atomic E-state index is 0.107. The number of fused-ring (bicyclic) bond motifs is 1. The average Bonchev–Trinajstić information content (AvgIpc) is 3.25. The average molecular weight is 933 g/mol. The lowest BCUT2D eigenvalue weighted by Crippen LogP contribution is -2.48. The number of hydrogen-bond donors (Lipinski definition) is 0. The first-order chi connectivity index (χ1) is 37.2. The molecule has 0 fully saturated rings. The molecule has 0 nitrogen and oxygen atoms in total. The van der Waals surface area contributed by atoms with Crippen molar-refractivity contribution in [2.24, 2.45) is 0 Å². The fraction of sp³-hybridized carbons (Fsp3) is 0. The van der Waals surface area contributed by atoms with Gasteiger partial charge in [-0.25, -0.2) is 0 Å². The summed E-state index contributed by atoms with van der Waals surface area (Å²) in [7, 11) is 122. The quantitative estimate of drug-likeness (QED) is 0.121. The van der Waals surface area contributed by atoms with Crippen molar-refractivity contribution < 1.29 is 0 Å². The van der Waals surface area contributed by atoms with Crippen LogP contribution in [0.15, 0.2) is 109 Å². The summed E-state index contributed by atoms with van der Waals surface area (Å²) < 4.78 is 0. The standard InChI is InChI=1S/C60H18B18/c61-43-29(35-31-33-39(49(67)45(35)63)55(73)59(77)57(75)41(33)53(71)51(69)37(31)47(43)65)21-13-11-19(12-14-21)24-16-25(18-26(17-24)28-10-4-6-20-5-1-2-9-27(20)28)22-7-3-8-23(15-22)30-36-32-34-40(50(68)46(36)64)56(74)60(78)58(76)42(34)54(72)52(70)38(32)48(66)44(30)62/h1-18H. The first-order valence-electron chi connectivity index (χ1n) is 24.6. The predicted octanol–water partition coefficient (Wildman–Crippen LogP) is -4.74. The Kier molecular flexibility index (Phi) is 11.7. The van der Waals surface area contributed by atoms with Gasteiger partial charge in [0.1, 0.15) is 141 Å². The van der Waals surface area contributed by atoms with E-state index in [0.717, 1.165) is 44.2 Å². The molecule has 0 aliphatic rings. The predicted molar refractivity (Wildman–Crippen MR) is 356 cm³/mol. The van der Waals surface area contributed by atoms with Crippen molar-refractivity contribution in [1.29, 1.82) is 0 Å². The SMILES string of the molecule is [B]c1c([B])c2c([B])c([B])c3c([B])c([B])c(-c4ccc(-c5cc(-c6cccc(-c7c([B])c([B])c8c([B])c([B])c9c([B])c([B])c([B])c%10c([B])c([B])c7c8c9%10)c6)cc(-c6cccc7ccccc67)c5)cc4)c4c([B])c([B])c(c1[B])c2c34. The van der Waals surface area contributed by atoms with Crippen LogP contribution in [0.4, 0.5) is 0 Å². The van der Waals surface area contributed by atoms with Crippen LogP contribution in [0, 0.1) is 0 Å². The Hall–Kier alpha value is -6.63. The largest absolute Gasteiger partial charge is 0.113 e. The molecule has 0 amide bonds. The summed E-state index contributed by atoms with van der Waals surface area (Å²) in [6, 6.07) is 36.9. The van der Waals surface area contributed by atoms with Crippen LogP contribution in [0.2, 0.25) is 0 Å². The van der Waals surface area contributed by atoms with Gasteiger partial charge in [-0.05, 0) is 155 Å². The molecule has 0 spiro atoms. The summed E-state index contributed by atoms with van der Waals surface area (Å²) >= 11 is 0. The highest BCUT2D eigenvalue weighted by atomic mass is 14.3. The summed E-state index contributed by atoms with van der Waals surface area (Å²) in [5.41, 5.74) is 11.1. The maximum Gasteiger partial charge on any atom is 0.113 e. The second-order valence-electron chi connectivity index (χ2n) is 20.2. The monoisotopic (exact) mass is 936 g/mol. The molecule has 0 saturated carbocycles. The molecular formula is C60H18B18. The van der Waals surface area contributed by atoms with Crippen molar-refractivity contribution in [3.8, 4) is 55.6 Å². The van der Waals surface area contributed by atoms with Gasteiger partial charge in [0.2, 0.25) is 0 Å². The van der Waals surface area contributed by atoms with E-state index < -0.39 is 0 Å². The van der Waals surface area contributed by atoms with Crippen molar-refractivity contribution in [3.05, 3.63) is 109 Å². The van der Waals surface area contributed by atoms with Gasteiger partial charge in [0.05, 0.1) is 0 Å². The van der Waals surface area contributed by atoms with Crippen molar-refractivity contribution in [3.63, 3.8) is 0 Å². The van der Waals surface area contributed by atoms with Gasteiger partial charge >= 0.3 is 0 Å². The third-order valence-corrected chi connectivity index (χ3v) is 16.2. The number of benzene rings is 13. The summed E-state index contributed by atoms with van der Waals surface area (Å²) in [5, 5.41) is 7.73. The Morgan fingerprint density at radius 1 is 0.179 bits per heavy atom. The fourth-order valence-corrected chi connectivity index (χ4v) is 12.4. The molecule has 312 valence electrons. The van der Waals surface area contributed by atoms with E-state index in [-0.39, 0.29) is 98.3 Å². The fourth-order valence-electron chi connectivity index (χ4n) is 12.4. The van der Waals surface area contributed by atoms with Gasteiger partial charge in [-0.1, -0.05) is 172 Å². The lowest BCUT2D eigenvalue weighted by atomic mass is 9.58. The Bertz CT molecular complexity index is 4820. The smallest absolute Gasteiger partial charge is 0.109 e. The van der Waals surface area contributed by atoms with Crippen LogP contribution in [0.25, 0.3) is 131 Å². The first-order valence-corrected chi connectivity index (χ1v) is 24.6. The Balaban J connectivity index is 1.03. The zero-order valence-electron chi connectivity index (χ0n) is 41.8. The molecule has 0 saturated heterocycles. The Morgan fingerprint density at radius 3 is 0.962 bits per heavy atom. The van der Waals surface area contributed by atoms with Gasteiger partial charge < -0.3 is 0 Å². The molecule has 0 heterocycles. The third kappa shape index (κ3) is 6.80. The summed E-state index contributed by atoms with van der Waals surface area (Å²) in [5.74, 6) is 0. The highest BCUT2D eigenvalue weighted by Crippen LogP contribution is 2.40. The van der Waals surface area contributed by atoms with Crippen LogP contribution >= 0.6 is 0 Å². The molecule has 0 N–H and O–H groups in total. The van der Waals surface area contributed by atoms with Gasteiger partial charge in [-0.15, -0.1) is 10.9 Å². The molecule has 78 heavy (non-hydrogen) atoms. The van der Waals surface area contributed by atoms with Gasteiger partial charge in [-0.3, -0.25) is 0 Å². The minimum Gasteiger partial charge on any atom is -0.109 e. The first kappa shape index (κ1) is 50.8. The van der Waals surface area contributed by atoms with Crippen molar-refractivity contribution in [2.45, 2.75) is 0 Å². The van der Waals surface area contributed by atoms with E-state index in [1.165, 1.54) is 0 Å². The second-order valence-corrected chi connectivity index (χ2v) is 20.2. The molecule has 13 aromatic rings. The molecule has 0 aromatic heterocycles. The molecule has 0 aliphatic heterocycles. The Morgan fingerprint density at radius 2 is 0.487 bits per heavy atom. The van der Waals surface area contributed by atoms with Crippen molar-refractivity contribution in [1.82, 2.24) is 0 Å². The van der Waals surface area contributed by atoms with E-state index in [1.807, 2.05) is 60.7 Å². The summed E-state index contributed by atoms with van der Waals surface area (Å²) in [6.45, 7) is 0. The van der Waals surface area contributed by atoms with Gasteiger partial charge in [0.15, 0.2) is 0 Å². The zero-order valence-corrected chi connectivity index (χ0v) is 41.8. The van der Waals surface area contributed by atoms with E-state index in [0.29, 0.717) is 86.9 Å². The lowest BCUT2D eigenvalue weighted by molar-refractivity contribution is 1.57. The third-order valence-electron chi connectivity index (χ3n) is 16.2. The van der Waals surface area contributed by atoms with Crippen LogP contribution < -0.4 is 98.3 Å². The topological polar surface area (TPSA) is 0 Å². The van der Waals surface area contributed by atoms with Crippen molar-refractivity contribution in [2.75, 3.05) is 0 Å². The van der Waals surface area contributed by atoms with Crippen LogP contribution in [-0.4, -0.2) is 141 Å². The van der Waals surface area contributed by atoms with Crippen LogP contribution in [-0.2, 0) is 0 Å². The highest BCUT2D eigenvalue weighted by Gasteiger charge is 2.27. The molecular weight excluding hydrogens is 915 g/mol. The highest BCUT2D eigenvalue weighted by molar-refractivity contribution is 6.77. The molecule has 0 aliphatic carbocycles. The van der Waals surface area contributed by atoms with Crippen LogP contribution in [0.5, 0.6) is 0 Å². The molecule has 18 heteroatoms. The Labute approximate surface area is 476 Å². The van der Waals surface area contributed by atoms with Gasteiger partial charge in [0, 0.05) is 0 Å². The second kappa shape index (κ2) is 17.9. The van der Waals surface area contributed by atoms with E-state index >= 15 is 0 Å². The molecule has 0 bridgehead atoms. The lowest BCUT2D eigenvalue weighted by Gasteiger charge is -2.29. The normalized spacial score (nSPS) is 12.0. The van der Waals surface area contributed by atoms with Gasteiger partial charge in [0.25, 0.3) is 0 Å². The summed E-state index contributed by atoms with van der Waals surface area (Å²) in [6.07, 6.45) is 0. The molecule has 13 rings (SSSR count). The van der Waals surface area contributed by atoms with Crippen LogP contribution in [0.1, 0.15) is 0 Å². The van der Waals surface area contributed by atoms with E-state index in [2.05, 4.69) is 48.5 Å². The molecule has 0 atom stereocenters. The maximum atomic E-state index is 7.10. The molecule has 0 unspecified atom stereocenters. The minimum atomic E-state index is 0.107. The number of rotatable bonds is 5. The maximum absolute atomic E-state index is 7.10. The van der Waals surface area contributed by atoms with E-state index in [4.69, 9.17) is 141 Å². The summed E-state index contributed by atoms with van der Waals surface area (Å²) in [4.78, 5) is 0. The molecule has 36 radical (unpaired) electrons. The zero-order chi connectivity index (χ0) is 55.0. The van der Waals surface area contributed by atoms with E-state index in [9.17, 15) is 0 Å². The van der Waals surface area contributed by atoms with Crippen molar-refractivity contribution >= 4 is 315 Å². The number of hydrogen-bond acceptors (Lipinski definition) is 0. The van der Waals surface area contributed by atoms with E-state index in [1.54, 1.807) is 0 Å².